The van der Waals surface area contributed by atoms with E-state index in [2.05, 4.69) is 15.2 Å². The van der Waals surface area contributed by atoms with Gasteiger partial charge in [-0.3, -0.25) is 4.79 Å². The Morgan fingerprint density at radius 3 is 2.37 bits per heavy atom. The van der Waals surface area contributed by atoms with Crippen LogP contribution in [0.15, 0.2) is 67.0 Å². The molecule has 0 fully saturated rings. The van der Waals surface area contributed by atoms with Crippen molar-refractivity contribution in [3.8, 4) is 11.4 Å². The van der Waals surface area contributed by atoms with Gasteiger partial charge in [-0.1, -0.05) is 12.1 Å². The van der Waals surface area contributed by atoms with E-state index in [1.807, 2.05) is 0 Å². The number of aromatic nitrogens is 2. The zero-order valence-electron chi connectivity index (χ0n) is 14.1. The summed E-state index contributed by atoms with van der Waals surface area (Å²) in [6.45, 7) is -1.09. The molecule has 0 aliphatic rings. The maximum absolute atomic E-state index is 12.2. The number of benzene rings is 2. The fraction of sp³-hybridized carbons (Fsp3) is 0.158. The molecule has 0 bridgehead atoms. The largest absolute Gasteiger partial charge is 0.484 e. The molecule has 0 aliphatic carbocycles. The molecular formula is C19H16F3N3O2. The molecule has 5 nitrogen and oxygen atoms in total. The fourth-order valence-electron chi connectivity index (χ4n) is 2.34. The highest BCUT2D eigenvalue weighted by molar-refractivity contribution is 5.94. The molecule has 3 aromatic rings. The smallest absolute Gasteiger partial charge is 0.422 e. The third-order valence-corrected chi connectivity index (χ3v) is 3.68. The summed E-state index contributed by atoms with van der Waals surface area (Å²) in [6.07, 6.45) is -0.906. The molecule has 140 valence electrons. The maximum Gasteiger partial charge on any atom is 0.422 e. The lowest BCUT2D eigenvalue weighted by atomic mass is 10.1. The number of carbonyl (C=O) groups excluding carboxylic acids is 1. The average Bonchev–Trinajstić information content (AvgIpc) is 3.19. The summed E-state index contributed by atoms with van der Waals surface area (Å²) in [4.78, 5) is 12.2. The van der Waals surface area contributed by atoms with E-state index in [1.165, 1.54) is 12.1 Å². The molecule has 8 heteroatoms. The van der Waals surface area contributed by atoms with Crippen molar-refractivity contribution >= 4 is 5.91 Å². The van der Waals surface area contributed by atoms with Crippen LogP contribution < -0.4 is 10.1 Å². The van der Waals surface area contributed by atoms with Crippen LogP contribution in [0.3, 0.4) is 0 Å². The van der Waals surface area contributed by atoms with Crippen LogP contribution in [0.1, 0.15) is 15.9 Å². The molecule has 1 heterocycles. The van der Waals surface area contributed by atoms with E-state index in [0.29, 0.717) is 5.56 Å². The first-order valence-corrected chi connectivity index (χ1v) is 8.07. The van der Waals surface area contributed by atoms with E-state index in [0.717, 1.165) is 11.3 Å². The van der Waals surface area contributed by atoms with Crippen molar-refractivity contribution < 1.29 is 22.7 Å². The SMILES string of the molecule is O=C(NCc1ccc(OCC(F)(F)F)cc1)c1ccc(-n2cccn2)cc1. The van der Waals surface area contributed by atoms with Gasteiger partial charge >= 0.3 is 6.18 Å². The van der Waals surface area contributed by atoms with Crippen LogP contribution in [0, 0.1) is 0 Å². The molecule has 0 aliphatic heterocycles. The molecule has 27 heavy (non-hydrogen) atoms. The number of hydrogen-bond acceptors (Lipinski definition) is 3. The third-order valence-electron chi connectivity index (χ3n) is 3.68. The fourth-order valence-corrected chi connectivity index (χ4v) is 2.34. The van der Waals surface area contributed by atoms with Crippen molar-refractivity contribution in [2.24, 2.45) is 0 Å². The lowest BCUT2D eigenvalue weighted by molar-refractivity contribution is -0.153. The predicted molar refractivity (Wildman–Crippen MR) is 92.7 cm³/mol. The van der Waals surface area contributed by atoms with Gasteiger partial charge in [-0.2, -0.15) is 18.3 Å². The molecule has 0 saturated carbocycles. The molecule has 1 amide bonds. The Kier molecular flexibility index (Phi) is 5.44. The zero-order chi connectivity index (χ0) is 19.3. The van der Waals surface area contributed by atoms with Crippen molar-refractivity contribution in [3.63, 3.8) is 0 Å². The van der Waals surface area contributed by atoms with E-state index in [9.17, 15) is 18.0 Å². The van der Waals surface area contributed by atoms with Crippen LogP contribution in [0.2, 0.25) is 0 Å². The van der Waals surface area contributed by atoms with Gasteiger partial charge in [0, 0.05) is 24.5 Å². The van der Waals surface area contributed by atoms with Gasteiger partial charge in [0.05, 0.1) is 5.69 Å². The van der Waals surface area contributed by atoms with Gasteiger partial charge in [0.15, 0.2) is 6.61 Å². The summed E-state index contributed by atoms with van der Waals surface area (Å²) in [5.41, 5.74) is 2.08. The number of halogens is 3. The Labute approximate surface area is 153 Å². The summed E-state index contributed by atoms with van der Waals surface area (Å²) in [5, 5.41) is 6.88. The minimum Gasteiger partial charge on any atom is -0.484 e. The molecule has 2 aromatic carbocycles. The van der Waals surface area contributed by atoms with E-state index in [-0.39, 0.29) is 18.2 Å². The van der Waals surface area contributed by atoms with Crippen LogP contribution in [0.4, 0.5) is 13.2 Å². The molecule has 1 aromatic heterocycles. The van der Waals surface area contributed by atoms with Crippen LogP contribution in [0.25, 0.3) is 5.69 Å². The van der Waals surface area contributed by atoms with Gasteiger partial charge in [0.1, 0.15) is 5.75 Å². The number of nitrogens with one attached hydrogen (secondary N) is 1. The van der Waals surface area contributed by atoms with E-state index in [1.54, 1.807) is 59.5 Å². The number of alkyl halides is 3. The molecule has 0 spiro atoms. The average molecular weight is 375 g/mol. The van der Waals surface area contributed by atoms with Crippen molar-refractivity contribution in [1.29, 1.82) is 0 Å². The molecule has 0 radical (unpaired) electrons. The number of nitrogens with zero attached hydrogens (tertiary/aromatic N) is 2. The minimum absolute atomic E-state index is 0.122. The monoisotopic (exact) mass is 375 g/mol. The van der Waals surface area contributed by atoms with E-state index >= 15 is 0 Å². The first-order valence-electron chi connectivity index (χ1n) is 8.07. The minimum atomic E-state index is -4.38. The van der Waals surface area contributed by atoms with Gasteiger partial charge in [-0.05, 0) is 48.0 Å². The van der Waals surface area contributed by atoms with Crippen molar-refractivity contribution in [2.45, 2.75) is 12.7 Å². The molecular weight excluding hydrogens is 359 g/mol. The normalized spacial score (nSPS) is 11.2. The topological polar surface area (TPSA) is 56.1 Å². The second-order valence-electron chi connectivity index (χ2n) is 5.73. The summed E-state index contributed by atoms with van der Waals surface area (Å²) in [7, 11) is 0. The second-order valence-corrected chi connectivity index (χ2v) is 5.73. The van der Waals surface area contributed by atoms with Crippen LogP contribution in [0.5, 0.6) is 5.75 Å². The van der Waals surface area contributed by atoms with Gasteiger partial charge in [-0.25, -0.2) is 4.68 Å². The lowest BCUT2D eigenvalue weighted by Crippen LogP contribution is -2.22. The standard InChI is InChI=1S/C19H16F3N3O2/c20-19(21,22)13-27-17-8-2-14(3-9-17)12-23-18(26)15-4-6-16(7-5-15)25-11-1-10-24-25/h1-11H,12-13H2,(H,23,26). The van der Waals surface area contributed by atoms with Crippen LogP contribution in [-0.2, 0) is 6.54 Å². The van der Waals surface area contributed by atoms with Gasteiger partial charge < -0.3 is 10.1 Å². The second kappa shape index (κ2) is 7.94. The summed E-state index contributed by atoms with van der Waals surface area (Å²) in [6, 6.07) is 14.8. The number of carbonyl (C=O) groups is 1. The van der Waals surface area contributed by atoms with Crippen LogP contribution in [-0.4, -0.2) is 28.5 Å². The Morgan fingerprint density at radius 1 is 1.07 bits per heavy atom. The Morgan fingerprint density at radius 2 is 1.78 bits per heavy atom. The number of ether oxygens (including phenoxy) is 1. The highest BCUT2D eigenvalue weighted by Crippen LogP contribution is 2.19. The van der Waals surface area contributed by atoms with E-state index < -0.39 is 12.8 Å². The van der Waals surface area contributed by atoms with E-state index in [4.69, 9.17) is 0 Å². The molecule has 0 atom stereocenters. The Bertz CT molecular complexity index is 874. The quantitative estimate of drug-likeness (QED) is 0.714. The number of rotatable bonds is 6. The summed E-state index contributed by atoms with van der Waals surface area (Å²) < 4.78 is 42.7. The number of amides is 1. The Hall–Kier alpha value is -3.29. The van der Waals surface area contributed by atoms with Crippen LogP contribution >= 0.6 is 0 Å². The van der Waals surface area contributed by atoms with Gasteiger partial charge in [0.2, 0.25) is 0 Å². The highest BCUT2D eigenvalue weighted by Gasteiger charge is 2.28. The maximum atomic E-state index is 12.2. The van der Waals surface area contributed by atoms with Crippen molar-refractivity contribution in [1.82, 2.24) is 15.1 Å². The lowest BCUT2D eigenvalue weighted by Gasteiger charge is -2.10. The highest BCUT2D eigenvalue weighted by atomic mass is 19.4. The molecule has 3 rings (SSSR count). The molecule has 0 unspecified atom stereocenters. The van der Waals surface area contributed by atoms with Crippen molar-refractivity contribution in [3.05, 3.63) is 78.1 Å². The molecule has 0 saturated heterocycles. The first kappa shape index (κ1) is 18.5. The summed E-state index contributed by atoms with van der Waals surface area (Å²) in [5.74, 6) is -0.129. The van der Waals surface area contributed by atoms with Crippen molar-refractivity contribution in [2.75, 3.05) is 6.61 Å². The zero-order valence-corrected chi connectivity index (χ0v) is 14.1. The van der Waals surface area contributed by atoms with Gasteiger partial charge in [-0.15, -0.1) is 0 Å². The Balaban J connectivity index is 1.53. The number of hydrogen-bond donors (Lipinski definition) is 1. The first-order chi connectivity index (χ1) is 12.9. The summed E-state index contributed by atoms with van der Waals surface area (Å²) >= 11 is 0. The van der Waals surface area contributed by atoms with Gasteiger partial charge in [0.25, 0.3) is 5.91 Å². The molecule has 1 N–H and O–H groups in total. The predicted octanol–water partition coefficient (Wildman–Crippen LogP) is 3.74. The third kappa shape index (κ3) is 5.34.